The Kier molecular flexibility index (Phi) is 5.41. The van der Waals surface area contributed by atoms with Crippen LogP contribution in [0.15, 0.2) is 0 Å². The maximum atomic E-state index is 12.2. The van der Waals surface area contributed by atoms with Crippen molar-refractivity contribution in [3.05, 3.63) is 0 Å². The van der Waals surface area contributed by atoms with E-state index in [2.05, 4.69) is 6.92 Å². The summed E-state index contributed by atoms with van der Waals surface area (Å²) in [6.45, 7) is 5.87. The minimum absolute atomic E-state index is 0.142. The van der Waals surface area contributed by atoms with Crippen LogP contribution in [0.5, 0.6) is 0 Å². The molecule has 0 unspecified atom stereocenters. The maximum Gasteiger partial charge on any atom is 0.236 e. The molecule has 116 valence electrons. The number of amides is 1. The van der Waals surface area contributed by atoms with Crippen LogP contribution in [0.25, 0.3) is 0 Å². The lowest BCUT2D eigenvalue weighted by atomic mass is 9.79. The molecule has 0 spiro atoms. The highest BCUT2D eigenvalue weighted by atomic mass is 16.5. The van der Waals surface area contributed by atoms with E-state index in [0.717, 1.165) is 31.6 Å². The highest BCUT2D eigenvalue weighted by molar-refractivity contribution is 5.78. The summed E-state index contributed by atoms with van der Waals surface area (Å²) in [5.74, 6) is 0.860. The van der Waals surface area contributed by atoms with Gasteiger partial charge in [0.05, 0.1) is 25.4 Å². The van der Waals surface area contributed by atoms with Crippen molar-refractivity contribution in [2.24, 2.45) is 5.92 Å². The van der Waals surface area contributed by atoms with Crippen LogP contribution in [0, 0.1) is 5.92 Å². The van der Waals surface area contributed by atoms with Crippen molar-refractivity contribution in [1.29, 1.82) is 0 Å². The van der Waals surface area contributed by atoms with Crippen molar-refractivity contribution in [2.75, 3.05) is 46.4 Å². The molecular weight excluding hydrogens is 256 g/mol. The number of nitrogens with zero attached hydrogens (tertiary/aromatic N) is 2. The fourth-order valence-corrected chi connectivity index (χ4v) is 3.16. The molecule has 5 heteroatoms. The molecule has 1 aliphatic carbocycles. The van der Waals surface area contributed by atoms with Gasteiger partial charge in [0, 0.05) is 19.6 Å². The molecule has 1 heterocycles. The van der Waals surface area contributed by atoms with Crippen LogP contribution in [0.2, 0.25) is 0 Å². The molecule has 1 amide bonds. The highest BCUT2D eigenvalue weighted by Crippen LogP contribution is 2.32. The van der Waals surface area contributed by atoms with Crippen molar-refractivity contribution in [3.8, 4) is 0 Å². The molecular formula is C15H28N2O3. The van der Waals surface area contributed by atoms with Gasteiger partial charge in [0.25, 0.3) is 0 Å². The first-order chi connectivity index (χ1) is 9.48. The Hall–Kier alpha value is -0.650. The van der Waals surface area contributed by atoms with Crippen molar-refractivity contribution >= 4 is 5.91 Å². The van der Waals surface area contributed by atoms with Gasteiger partial charge in [-0.1, -0.05) is 6.92 Å². The molecule has 0 aromatic carbocycles. The van der Waals surface area contributed by atoms with Gasteiger partial charge in [0.15, 0.2) is 0 Å². The van der Waals surface area contributed by atoms with E-state index in [1.165, 1.54) is 0 Å². The molecule has 0 aromatic rings. The molecule has 1 saturated heterocycles. The summed E-state index contributed by atoms with van der Waals surface area (Å²) in [6.07, 6.45) is 3.87. The Balaban J connectivity index is 1.76. The van der Waals surface area contributed by atoms with Gasteiger partial charge >= 0.3 is 0 Å². The number of likely N-dealkylation sites (N-methyl/N-ethyl adjacent to an activating group) is 1. The molecule has 2 aliphatic rings. The molecule has 2 rings (SSSR count). The highest BCUT2D eigenvalue weighted by Gasteiger charge is 2.33. The number of hydrogen-bond acceptors (Lipinski definition) is 4. The van der Waals surface area contributed by atoms with E-state index in [4.69, 9.17) is 4.74 Å². The van der Waals surface area contributed by atoms with Crippen molar-refractivity contribution in [1.82, 2.24) is 9.80 Å². The van der Waals surface area contributed by atoms with Crippen LogP contribution in [0.4, 0.5) is 0 Å². The van der Waals surface area contributed by atoms with E-state index < -0.39 is 5.60 Å². The number of morpholine rings is 1. The maximum absolute atomic E-state index is 12.2. The van der Waals surface area contributed by atoms with Crippen LogP contribution < -0.4 is 0 Å². The first-order valence-corrected chi connectivity index (χ1v) is 7.75. The molecule has 0 bridgehead atoms. The summed E-state index contributed by atoms with van der Waals surface area (Å²) in [7, 11) is 1.92. The number of aliphatic hydroxyl groups is 1. The fourth-order valence-electron chi connectivity index (χ4n) is 3.16. The van der Waals surface area contributed by atoms with E-state index in [0.29, 0.717) is 39.4 Å². The summed E-state index contributed by atoms with van der Waals surface area (Å²) >= 11 is 0. The summed E-state index contributed by atoms with van der Waals surface area (Å²) in [4.78, 5) is 16.0. The Morgan fingerprint density at radius 3 is 2.55 bits per heavy atom. The third-order valence-electron chi connectivity index (χ3n) is 4.54. The van der Waals surface area contributed by atoms with Gasteiger partial charge in [0.2, 0.25) is 5.91 Å². The number of hydrogen-bond donors (Lipinski definition) is 1. The summed E-state index contributed by atoms with van der Waals surface area (Å²) < 4.78 is 5.25. The van der Waals surface area contributed by atoms with E-state index in [1.807, 2.05) is 16.8 Å². The van der Waals surface area contributed by atoms with Gasteiger partial charge in [0.1, 0.15) is 0 Å². The zero-order chi connectivity index (χ0) is 14.6. The first-order valence-electron chi connectivity index (χ1n) is 7.75. The SMILES string of the molecule is CC1CCC(O)(CN(C)CC(=O)N2CCOCC2)CC1. The molecule has 0 atom stereocenters. The standard InChI is InChI=1S/C15H28N2O3/c1-13-3-5-15(19,6-4-13)12-16(2)11-14(18)17-7-9-20-10-8-17/h13,19H,3-12H2,1-2H3. The fraction of sp³-hybridized carbons (Fsp3) is 0.933. The van der Waals surface area contributed by atoms with Crippen molar-refractivity contribution in [3.63, 3.8) is 0 Å². The van der Waals surface area contributed by atoms with E-state index in [1.54, 1.807) is 0 Å². The second-order valence-electron chi connectivity index (χ2n) is 6.57. The molecule has 0 aromatic heterocycles. The molecule has 5 nitrogen and oxygen atoms in total. The largest absolute Gasteiger partial charge is 0.389 e. The quantitative estimate of drug-likeness (QED) is 0.826. The van der Waals surface area contributed by atoms with Crippen molar-refractivity contribution < 1.29 is 14.6 Å². The van der Waals surface area contributed by atoms with Crippen LogP contribution in [0.3, 0.4) is 0 Å². The molecule has 2 fully saturated rings. The Labute approximate surface area is 121 Å². The van der Waals surface area contributed by atoms with E-state index in [9.17, 15) is 9.90 Å². The van der Waals surface area contributed by atoms with Crippen LogP contribution in [-0.4, -0.2) is 72.9 Å². The third-order valence-corrected chi connectivity index (χ3v) is 4.54. The number of ether oxygens (including phenoxy) is 1. The second-order valence-corrected chi connectivity index (χ2v) is 6.57. The summed E-state index contributed by atoms with van der Waals surface area (Å²) in [5, 5.41) is 10.6. The summed E-state index contributed by atoms with van der Waals surface area (Å²) in [6, 6.07) is 0. The van der Waals surface area contributed by atoms with Gasteiger partial charge in [-0.15, -0.1) is 0 Å². The average molecular weight is 284 g/mol. The van der Waals surface area contributed by atoms with Gasteiger partial charge in [-0.25, -0.2) is 0 Å². The van der Waals surface area contributed by atoms with Gasteiger partial charge in [-0.05, 0) is 38.6 Å². The Bertz CT molecular complexity index is 321. The lowest BCUT2D eigenvalue weighted by Crippen LogP contribution is -2.49. The minimum Gasteiger partial charge on any atom is -0.389 e. The first kappa shape index (κ1) is 15.7. The molecule has 1 aliphatic heterocycles. The van der Waals surface area contributed by atoms with E-state index >= 15 is 0 Å². The molecule has 1 N–H and O–H groups in total. The average Bonchev–Trinajstić information content (AvgIpc) is 2.43. The third kappa shape index (κ3) is 4.43. The molecule has 1 saturated carbocycles. The van der Waals surface area contributed by atoms with Crippen LogP contribution in [0.1, 0.15) is 32.6 Å². The van der Waals surface area contributed by atoms with Crippen LogP contribution >= 0.6 is 0 Å². The predicted octanol–water partition coefficient (Wildman–Crippen LogP) is 0.718. The lowest BCUT2D eigenvalue weighted by Gasteiger charge is -2.38. The topological polar surface area (TPSA) is 53.0 Å². The van der Waals surface area contributed by atoms with Gasteiger partial charge in [-0.3, -0.25) is 9.69 Å². The summed E-state index contributed by atoms with van der Waals surface area (Å²) in [5.41, 5.74) is -0.605. The molecule has 0 radical (unpaired) electrons. The van der Waals surface area contributed by atoms with Gasteiger partial charge < -0.3 is 14.7 Å². The second kappa shape index (κ2) is 6.87. The normalized spacial score (nSPS) is 31.6. The van der Waals surface area contributed by atoms with Crippen LogP contribution in [-0.2, 0) is 9.53 Å². The van der Waals surface area contributed by atoms with Crippen molar-refractivity contribution in [2.45, 2.75) is 38.2 Å². The zero-order valence-electron chi connectivity index (χ0n) is 12.8. The number of carbonyl (C=O) groups excluding carboxylic acids is 1. The number of carbonyl (C=O) groups is 1. The predicted molar refractivity (Wildman–Crippen MR) is 77.5 cm³/mol. The monoisotopic (exact) mass is 284 g/mol. The minimum atomic E-state index is -0.605. The molecule has 20 heavy (non-hydrogen) atoms. The zero-order valence-corrected chi connectivity index (χ0v) is 12.8. The lowest BCUT2D eigenvalue weighted by molar-refractivity contribution is -0.137. The Morgan fingerprint density at radius 1 is 1.35 bits per heavy atom. The smallest absolute Gasteiger partial charge is 0.236 e. The number of rotatable bonds is 4. The Morgan fingerprint density at radius 2 is 1.95 bits per heavy atom. The van der Waals surface area contributed by atoms with E-state index in [-0.39, 0.29) is 5.91 Å². The van der Waals surface area contributed by atoms with Gasteiger partial charge in [-0.2, -0.15) is 0 Å².